The van der Waals surface area contributed by atoms with Gasteiger partial charge in [0.15, 0.2) is 0 Å². The maximum Gasteiger partial charge on any atom is 2.00 e. The minimum absolute atomic E-state index is 0. The largest absolute Gasteiger partial charge is 2.00 e. The minimum atomic E-state index is -5.17. The predicted octanol–water partition coefficient (Wildman–Crippen LogP) is -1.30. The Labute approximate surface area is 122 Å². The first kappa shape index (κ1) is 30.1. The van der Waals surface area contributed by atoms with Crippen molar-refractivity contribution in [1.82, 2.24) is 0 Å². The zero-order valence-corrected chi connectivity index (χ0v) is 12.2. The minimum Gasteiger partial charge on any atom is 2.00 e. The van der Waals surface area contributed by atoms with Crippen molar-refractivity contribution < 1.29 is 81.8 Å². The molecule has 0 aromatic carbocycles. The van der Waals surface area contributed by atoms with Crippen molar-refractivity contribution in [2.24, 2.45) is 0 Å². The zero-order chi connectivity index (χ0) is 11.7. The molecule has 0 unspecified atom stereocenters. The van der Waals surface area contributed by atoms with E-state index in [1.807, 2.05) is 0 Å². The van der Waals surface area contributed by atoms with Crippen LogP contribution in [0.2, 0.25) is 0 Å². The van der Waals surface area contributed by atoms with Gasteiger partial charge in [0.1, 0.15) is 0 Å². The average molecular weight is 433 g/mol. The fourth-order valence-electron chi connectivity index (χ4n) is 0. The molecule has 0 N–H and O–H groups in total. The van der Waals surface area contributed by atoms with E-state index in [2.05, 4.69) is 0 Å². The van der Waals surface area contributed by atoms with Crippen LogP contribution in [0.25, 0.3) is 0 Å². The third kappa shape index (κ3) is 886. The van der Waals surface area contributed by atoms with Crippen molar-refractivity contribution in [2.45, 2.75) is 0 Å². The summed E-state index contributed by atoms with van der Waals surface area (Å²) in [5, 5.41) is 0. The molecule has 0 amide bonds. The molecule has 100 valence electrons. The maximum absolute atomic E-state index is 8.52. The zero-order valence-electron chi connectivity index (χ0n) is 5.86. The van der Waals surface area contributed by atoms with Crippen molar-refractivity contribution in [2.75, 3.05) is 0 Å². The third-order valence-electron chi connectivity index (χ3n) is 0. The van der Waals surface area contributed by atoms with Gasteiger partial charge in [-0.3, -0.25) is 16.8 Å². The third-order valence-corrected chi connectivity index (χ3v) is 0. The number of hydrogen-bond donors (Lipinski definition) is 0. The van der Waals surface area contributed by atoms with Gasteiger partial charge in [-0.25, -0.2) is 0 Å². The first-order chi connectivity index (χ1) is 5.41. The molecule has 0 aromatic rings. The van der Waals surface area contributed by atoms with Gasteiger partial charge in [-0.2, -0.15) is 0 Å². The molecule has 0 saturated carbocycles. The van der Waals surface area contributed by atoms with Crippen LogP contribution in [0.5, 0.6) is 0 Å². The SMILES string of the molecule is O=S(=O)([O-])[O-].O=S(=O)([O-])[O-].[Cl][Ni][Cl].[Fe+2].[Fe+2]. The molecule has 15 heavy (non-hydrogen) atoms. The molecule has 0 aliphatic rings. The standard InChI is InChI=1S/2ClH.2Fe.Ni.2H2O4S/c;;;;;2*1-5(2,3)4/h2*1H;;;;2*(H2,1,2,3,4)/q;;3*+2;;/p-6. The molecule has 0 fully saturated rings. The van der Waals surface area contributed by atoms with E-state index in [-0.39, 0.29) is 34.1 Å². The maximum atomic E-state index is 8.52. The van der Waals surface area contributed by atoms with Gasteiger partial charge < -0.3 is 18.2 Å². The Morgan fingerprint density at radius 1 is 0.733 bits per heavy atom. The van der Waals surface area contributed by atoms with Crippen molar-refractivity contribution in [3.8, 4) is 0 Å². The van der Waals surface area contributed by atoms with Crippen LogP contribution in [0.15, 0.2) is 0 Å². The Balaban J connectivity index is -0.0000000322. The Bertz CT molecular complexity index is 238. The van der Waals surface area contributed by atoms with E-state index in [9.17, 15) is 0 Å². The van der Waals surface area contributed by atoms with E-state index in [0.29, 0.717) is 12.7 Å². The number of hydrogen-bond acceptors (Lipinski definition) is 8. The molecule has 15 heteroatoms. The molecule has 0 saturated heterocycles. The van der Waals surface area contributed by atoms with E-state index < -0.39 is 20.8 Å². The van der Waals surface area contributed by atoms with Gasteiger partial charge in [-0.15, -0.1) is 0 Å². The van der Waals surface area contributed by atoms with Crippen LogP contribution in [0.3, 0.4) is 0 Å². The summed E-state index contributed by atoms with van der Waals surface area (Å²) in [7, 11) is -0.931. The summed E-state index contributed by atoms with van der Waals surface area (Å²) < 4.78 is 68.2. The van der Waals surface area contributed by atoms with Crippen LogP contribution in [-0.2, 0) is 67.6 Å². The van der Waals surface area contributed by atoms with Crippen molar-refractivity contribution >= 4 is 41.2 Å². The molecule has 0 rings (SSSR count). The summed E-state index contributed by atoms with van der Waals surface area (Å²) in [5.41, 5.74) is 0. The smallest absolute Gasteiger partial charge is 2.00 e. The Morgan fingerprint density at radius 3 is 0.733 bits per heavy atom. The van der Waals surface area contributed by atoms with Gasteiger partial charge in [0.2, 0.25) is 0 Å². The van der Waals surface area contributed by atoms with Crippen molar-refractivity contribution in [3.05, 3.63) is 0 Å². The van der Waals surface area contributed by atoms with E-state index in [1.54, 1.807) is 0 Å². The molecule has 0 atom stereocenters. The Hall–Kier alpha value is 1.85. The van der Waals surface area contributed by atoms with Crippen LogP contribution >= 0.6 is 20.4 Å². The molecule has 0 heterocycles. The van der Waals surface area contributed by atoms with Gasteiger partial charge >= 0.3 is 67.2 Å². The topological polar surface area (TPSA) is 161 Å². The van der Waals surface area contributed by atoms with E-state index in [1.165, 1.54) is 0 Å². The second-order valence-corrected chi connectivity index (χ2v) is 4.13. The quantitative estimate of drug-likeness (QED) is 0.259. The fraction of sp³-hybridized carbons (Fsp3) is 0. The summed E-state index contributed by atoms with van der Waals surface area (Å²) in [6, 6.07) is 0. The molecule has 0 spiro atoms. The van der Waals surface area contributed by atoms with Crippen LogP contribution in [0.1, 0.15) is 0 Å². The van der Waals surface area contributed by atoms with E-state index >= 15 is 0 Å². The molecule has 0 bridgehead atoms. The van der Waals surface area contributed by atoms with Crippen LogP contribution < -0.4 is 0 Å². The van der Waals surface area contributed by atoms with Crippen LogP contribution in [0.4, 0.5) is 0 Å². The predicted molar refractivity (Wildman–Crippen MR) is 32.7 cm³/mol. The van der Waals surface area contributed by atoms with Gasteiger partial charge in [-0.1, -0.05) is 0 Å². The second kappa shape index (κ2) is 15.9. The molecule has 0 aliphatic carbocycles. The number of halogens is 2. The second-order valence-electron chi connectivity index (χ2n) is 0.862. The van der Waals surface area contributed by atoms with Gasteiger partial charge in [0.05, 0.1) is 0 Å². The average Bonchev–Trinajstić information content (AvgIpc) is 1.52. The molecule has 0 aromatic heterocycles. The summed E-state index contributed by atoms with van der Waals surface area (Å²) in [6.45, 7) is 0. The van der Waals surface area contributed by atoms with Crippen LogP contribution in [-0.4, -0.2) is 35.0 Å². The Morgan fingerprint density at radius 2 is 0.733 bits per heavy atom. The molecule has 0 aliphatic heterocycles. The first-order valence-electron chi connectivity index (χ1n) is 1.57. The van der Waals surface area contributed by atoms with Crippen molar-refractivity contribution in [1.29, 1.82) is 0 Å². The Kier molecular flexibility index (Phi) is 31.9. The van der Waals surface area contributed by atoms with Crippen molar-refractivity contribution in [3.63, 3.8) is 0 Å². The van der Waals surface area contributed by atoms with Gasteiger partial charge in [0, 0.05) is 20.8 Å². The summed E-state index contributed by atoms with van der Waals surface area (Å²) in [6.07, 6.45) is 0. The number of rotatable bonds is 0. The summed E-state index contributed by atoms with van der Waals surface area (Å²) in [4.78, 5) is 0. The molecule has 8 nitrogen and oxygen atoms in total. The van der Waals surface area contributed by atoms with E-state index in [0.717, 1.165) is 0 Å². The monoisotopic (exact) mass is 432 g/mol. The molecular weight excluding hydrogens is 433 g/mol. The first-order valence-corrected chi connectivity index (χ1v) is 6.96. The fourth-order valence-corrected chi connectivity index (χ4v) is 0. The normalized spacial score (nSPS) is 9.20. The molecule has 0 radical (unpaired) electrons. The summed E-state index contributed by atoms with van der Waals surface area (Å²) >= 11 is 0.569. The van der Waals surface area contributed by atoms with Gasteiger partial charge in [-0.05, 0) is 0 Å². The van der Waals surface area contributed by atoms with Crippen LogP contribution in [0, 0.1) is 0 Å². The van der Waals surface area contributed by atoms with Gasteiger partial charge in [0.25, 0.3) is 0 Å². The molecular formula is Cl2Fe2NiO8S2. The van der Waals surface area contributed by atoms with E-state index in [4.69, 9.17) is 55.4 Å². The summed E-state index contributed by atoms with van der Waals surface area (Å²) in [5.74, 6) is 0.